The van der Waals surface area contributed by atoms with Gasteiger partial charge in [0.05, 0.1) is 5.69 Å². The van der Waals surface area contributed by atoms with E-state index in [1.54, 1.807) is 5.57 Å². The number of likely N-dealkylation sites (tertiary alicyclic amines) is 1. The minimum Gasteiger partial charge on any atom is -0.298 e. The summed E-state index contributed by atoms with van der Waals surface area (Å²) in [5.74, 6) is 0. The number of benzene rings is 1. The Labute approximate surface area is 187 Å². The van der Waals surface area contributed by atoms with E-state index in [0.717, 1.165) is 49.8 Å². The van der Waals surface area contributed by atoms with Crippen molar-refractivity contribution in [3.8, 4) is 0 Å². The van der Waals surface area contributed by atoms with Crippen LogP contribution in [0.15, 0.2) is 65.0 Å². The number of pyridine rings is 2. The van der Waals surface area contributed by atoms with E-state index in [2.05, 4.69) is 69.1 Å². The molecule has 0 unspecified atom stereocenters. The minimum atomic E-state index is 0.982. The first-order valence-corrected chi connectivity index (χ1v) is 11.5. The molecule has 3 heterocycles. The molecule has 4 heteroatoms. The van der Waals surface area contributed by atoms with Crippen LogP contribution in [0, 0.1) is 6.92 Å². The van der Waals surface area contributed by atoms with Gasteiger partial charge in [-0.3, -0.25) is 14.9 Å². The molecule has 1 aliphatic heterocycles. The summed E-state index contributed by atoms with van der Waals surface area (Å²) in [6.45, 7) is 5.26. The summed E-state index contributed by atoms with van der Waals surface area (Å²) >= 11 is 3.67. The van der Waals surface area contributed by atoms with Crippen LogP contribution in [-0.4, -0.2) is 28.0 Å². The van der Waals surface area contributed by atoms with Crippen LogP contribution in [0.4, 0.5) is 0 Å². The predicted octanol–water partition coefficient (Wildman–Crippen LogP) is 5.74. The second-order valence-corrected chi connectivity index (χ2v) is 9.35. The Bertz CT molecular complexity index is 1110. The van der Waals surface area contributed by atoms with Gasteiger partial charge in [0.15, 0.2) is 0 Å². The molecule has 0 bridgehead atoms. The van der Waals surface area contributed by atoms with Crippen molar-refractivity contribution in [2.75, 3.05) is 13.1 Å². The van der Waals surface area contributed by atoms with Gasteiger partial charge >= 0.3 is 0 Å². The lowest BCUT2D eigenvalue weighted by Crippen LogP contribution is -2.30. The SMILES string of the molecule is Cc1cncc(CN2CCC(=C3c4ccc(Br)cc4CCc4cccnc43)CC2)c1. The largest absolute Gasteiger partial charge is 0.298 e. The summed E-state index contributed by atoms with van der Waals surface area (Å²) in [6, 6.07) is 13.3. The molecule has 1 saturated heterocycles. The van der Waals surface area contributed by atoms with Gasteiger partial charge in [0.2, 0.25) is 0 Å². The summed E-state index contributed by atoms with van der Waals surface area (Å²) in [5, 5.41) is 0. The molecular weight excluding hydrogens is 434 g/mol. The predicted molar refractivity (Wildman–Crippen MR) is 125 cm³/mol. The zero-order chi connectivity index (χ0) is 20.5. The van der Waals surface area contributed by atoms with Crippen LogP contribution in [0.1, 0.15) is 46.4 Å². The summed E-state index contributed by atoms with van der Waals surface area (Å²) in [5.41, 5.74) is 10.9. The topological polar surface area (TPSA) is 29.0 Å². The Hall–Kier alpha value is -2.30. The van der Waals surface area contributed by atoms with E-state index in [4.69, 9.17) is 4.98 Å². The van der Waals surface area contributed by atoms with Gasteiger partial charge in [-0.15, -0.1) is 0 Å². The minimum absolute atomic E-state index is 0.982. The van der Waals surface area contributed by atoms with Gasteiger partial charge in [-0.05, 0) is 78.6 Å². The number of aryl methyl sites for hydroxylation is 3. The van der Waals surface area contributed by atoms with Crippen molar-refractivity contribution < 1.29 is 0 Å². The first-order chi connectivity index (χ1) is 14.7. The fraction of sp³-hybridized carbons (Fsp3) is 0.308. The highest BCUT2D eigenvalue weighted by Crippen LogP contribution is 2.38. The summed E-state index contributed by atoms with van der Waals surface area (Å²) < 4.78 is 1.16. The van der Waals surface area contributed by atoms with Crippen LogP contribution in [-0.2, 0) is 19.4 Å². The molecule has 3 nitrogen and oxygen atoms in total. The maximum atomic E-state index is 4.86. The van der Waals surface area contributed by atoms with E-state index in [9.17, 15) is 0 Å². The molecule has 5 rings (SSSR count). The van der Waals surface area contributed by atoms with E-state index in [1.807, 2.05) is 18.6 Å². The highest BCUT2D eigenvalue weighted by atomic mass is 79.9. The average Bonchev–Trinajstić information content (AvgIpc) is 2.91. The van der Waals surface area contributed by atoms with Gasteiger partial charge in [0.1, 0.15) is 0 Å². The molecule has 30 heavy (non-hydrogen) atoms. The highest BCUT2D eigenvalue weighted by Gasteiger charge is 2.25. The number of fused-ring (bicyclic) bond motifs is 2. The third-order valence-electron chi connectivity index (χ3n) is 6.28. The Balaban J connectivity index is 1.47. The van der Waals surface area contributed by atoms with E-state index in [0.29, 0.717) is 0 Å². The molecule has 0 spiro atoms. The normalized spacial score (nSPS) is 16.7. The van der Waals surface area contributed by atoms with Gasteiger partial charge < -0.3 is 0 Å². The van der Waals surface area contributed by atoms with Crippen LogP contribution in [0.2, 0.25) is 0 Å². The van der Waals surface area contributed by atoms with E-state index >= 15 is 0 Å². The average molecular weight is 460 g/mol. The Morgan fingerprint density at radius 2 is 1.80 bits per heavy atom. The zero-order valence-corrected chi connectivity index (χ0v) is 19.0. The van der Waals surface area contributed by atoms with Crippen molar-refractivity contribution >= 4 is 21.5 Å². The third-order valence-corrected chi connectivity index (χ3v) is 6.77. The van der Waals surface area contributed by atoms with Crippen molar-refractivity contribution in [3.63, 3.8) is 0 Å². The maximum absolute atomic E-state index is 4.86. The summed E-state index contributed by atoms with van der Waals surface area (Å²) in [6.07, 6.45) is 10.2. The van der Waals surface area contributed by atoms with E-state index in [-0.39, 0.29) is 0 Å². The van der Waals surface area contributed by atoms with Crippen LogP contribution >= 0.6 is 15.9 Å². The zero-order valence-electron chi connectivity index (χ0n) is 17.4. The third kappa shape index (κ3) is 3.99. The molecule has 0 radical (unpaired) electrons. The number of nitrogens with zero attached hydrogens (tertiary/aromatic N) is 3. The number of halogens is 1. The van der Waals surface area contributed by atoms with Gasteiger partial charge in [-0.2, -0.15) is 0 Å². The molecule has 1 aromatic carbocycles. The molecule has 1 aliphatic carbocycles. The molecule has 0 atom stereocenters. The second kappa shape index (κ2) is 8.44. The smallest absolute Gasteiger partial charge is 0.0739 e. The van der Waals surface area contributed by atoms with Crippen LogP contribution < -0.4 is 0 Å². The van der Waals surface area contributed by atoms with Gasteiger partial charge in [-0.25, -0.2) is 0 Å². The van der Waals surface area contributed by atoms with Crippen molar-refractivity contribution in [1.29, 1.82) is 0 Å². The van der Waals surface area contributed by atoms with Crippen molar-refractivity contribution in [2.24, 2.45) is 0 Å². The number of hydrogen-bond acceptors (Lipinski definition) is 3. The Morgan fingerprint density at radius 3 is 2.63 bits per heavy atom. The number of hydrogen-bond donors (Lipinski definition) is 0. The highest BCUT2D eigenvalue weighted by molar-refractivity contribution is 9.10. The molecule has 152 valence electrons. The molecule has 0 N–H and O–H groups in total. The molecule has 0 amide bonds. The lowest BCUT2D eigenvalue weighted by atomic mass is 9.88. The number of rotatable bonds is 2. The second-order valence-electron chi connectivity index (χ2n) is 8.44. The Kier molecular flexibility index (Phi) is 5.53. The maximum Gasteiger partial charge on any atom is 0.0739 e. The number of aromatic nitrogens is 2. The standard InChI is InChI=1S/C26H26BrN3/c1-18-13-19(16-28-15-18)17-30-11-8-20(9-12-30)25-24-7-6-23(27)14-22(24)5-4-21-3-2-10-29-26(21)25/h2-3,6-7,10,13-16H,4-5,8-9,11-12,17H2,1H3. The van der Waals surface area contributed by atoms with Crippen LogP contribution in [0.25, 0.3) is 5.57 Å². The molecular formula is C26H26BrN3. The first kappa shape index (κ1) is 19.7. The summed E-state index contributed by atoms with van der Waals surface area (Å²) in [7, 11) is 0. The first-order valence-electron chi connectivity index (χ1n) is 10.8. The van der Waals surface area contributed by atoms with Crippen LogP contribution in [0.3, 0.4) is 0 Å². The monoisotopic (exact) mass is 459 g/mol. The molecule has 3 aromatic rings. The summed E-state index contributed by atoms with van der Waals surface area (Å²) in [4.78, 5) is 11.8. The lowest BCUT2D eigenvalue weighted by Gasteiger charge is -2.30. The van der Waals surface area contributed by atoms with E-state index < -0.39 is 0 Å². The van der Waals surface area contributed by atoms with Gasteiger partial charge in [0, 0.05) is 48.3 Å². The molecule has 1 fully saturated rings. The van der Waals surface area contributed by atoms with Crippen molar-refractivity contribution in [2.45, 2.75) is 39.2 Å². The quantitative estimate of drug-likeness (QED) is 0.488. The number of piperidine rings is 1. The fourth-order valence-electron chi connectivity index (χ4n) is 4.83. The molecule has 2 aromatic heterocycles. The van der Waals surface area contributed by atoms with Gasteiger partial charge in [0.25, 0.3) is 0 Å². The van der Waals surface area contributed by atoms with Crippen LogP contribution in [0.5, 0.6) is 0 Å². The fourth-order valence-corrected chi connectivity index (χ4v) is 5.24. The van der Waals surface area contributed by atoms with Crippen molar-refractivity contribution in [1.82, 2.24) is 14.9 Å². The van der Waals surface area contributed by atoms with E-state index in [1.165, 1.54) is 39.1 Å². The lowest BCUT2D eigenvalue weighted by molar-refractivity contribution is 0.248. The molecule has 2 aliphatic rings. The van der Waals surface area contributed by atoms with Crippen molar-refractivity contribution in [3.05, 3.63) is 98.5 Å². The molecule has 0 saturated carbocycles. The van der Waals surface area contributed by atoms with Gasteiger partial charge in [-0.1, -0.05) is 39.7 Å². The Morgan fingerprint density at radius 1 is 0.967 bits per heavy atom.